The van der Waals surface area contributed by atoms with Gasteiger partial charge in [-0.1, -0.05) is 0 Å². The van der Waals surface area contributed by atoms with Crippen molar-refractivity contribution in [1.29, 1.82) is 0 Å². The summed E-state index contributed by atoms with van der Waals surface area (Å²) in [5.41, 5.74) is -0.906. The molecule has 0 aromatic rings. The molecule has 0 amide bonds. The van der Waals surface area contributed by atoms with Crippen LogP contribution in [0.25, 0.3) is 0 Å². The van der Waals surface area contributed by atoms with Crippen LogP contribution in [0.5, 0.6) is 0 Å². The fraction of sp³-hybridized carbons (Fsp3) is 1.00. The van der Waals surface area contributed by atoms with E-state index in [2.05, 4.69) is 0 Å². The first kappa shape index (κ1) is 12.2. The average molecular weight is 194 g/mol. The predicted molar refractivity (Wildman–Crippen MR) is 51.1 cm³/mol. The van der Waals surface area contributed by atoms with Gasteiger partial charge in [-0.3, -0.25) is 0 Å². The molecule has 0 aromatic carbocycles. The summed E-state index contributed by atoms with van der Waals surface area (Å²) in [7, 11) is -2.37. The van der Waals surface area contributed by atoms with Crippen LogP contribution in [0.4, 0.5) is 0 Å². The van der Waals surface area contributed by atoms with Crippen molar-refractivity contribution in [3.8, 4) is 0 Å². The Morgan fingerprint density at radius 2 is 1.50 bits per heavy atom. The topological polar surface area (TPSA) is 35.5 Å². The van der Waals surface area contributed by atoms with E-state index in [1.54, 1.807) is 20.3 Å². The molecule has 0 atom stereocenters. The van der Waals surface area contributed by atoms with Gasteiger partial charge in [0, 0.05) is 13.2 Å². The Hall–Kier alpha value is 0.150. The molecular weight excluding hydrogens is 175 g/mol. The third kappa shape index (κ3) is 2.89. The third-order valence-electron chi connectivity index (χ3n) is 1.80. The lowest BCUT2D eigenvalue weighted by molar-refractivity contribution is -0.161. The van der Waals surface area contributed by atoms with Gasteiger partial charge >= 0.3 is 0 Å². The second kappa shape index (κ2) is 4.40. The smallest absolute Gasteiger partial charge is 0.218 e. The van der Waals surface area contributed by atoms with Crippen molar-refractivity contribution >= 4 is 7.14 Å². The number of rotatable bonds is 5. The average Bonchev–Trinajstić information content (AvgIpc) is 1.86. The molecule has 74 valence electrons. The molecule has 0 saturated heterocycles. The summed E-state index contributed by atoms with van der Waals surface area (Å²) in [5, 5.41) is 0. The van der Waals surface area contributed by atoms with Crippen LogP contribution in [0.3, 0.4) is 0 Å². The Balaban J connectivity index is 4.50. The molecule has 0 aliphatic carbocycles. The van der Waals surface area contributed by atoms with E-state index in [1.165, 1.54) is 0 Å². The molecule has 0 aromatic heterocycles. The monoisotopic (exact) mass is 194 g/mol. The van der Waals surface area contributed by atoms with Crippen molar-refractivity contribution in [2.45, 2.75) is 26.3 Å². The van der Waals surface area contributed by atoms with Gasteiger partial charge in [0.15, 0.2) is 0 Å². The molecule has 0 rings (SSSR count). The van der Waals surface area contributed by atoms with E-state index < -0.39 is 12.7 Å². The number of hydrogen-bond donors (Lipinski definition) is 0. The van der Waals surface area contributed by atoms with Crippen LogP contribution in [0.1, 0.15) is 20.8 Å². The van der Waals surface area contributed by atoms with Crippen molar-refractivity contribution in [1.82, 2.24) is 0 Å². The molecule has 4 heteroatoms. The summed E-state index contributed by atoms with van der Waals surface area (Å²) in [4.78, 5) is 0. The standard InChI is InChI=1S/C8H19O3P/c1-6-10-8(3,11-7-2)12(4,5)9/h6-7H2,1-5H3. The molecule has 0 fully saturated rings. The highest BCUT2D eigenvalue weighted by Crippen LogP contribution is 2.52. The van der Waals surface area contributed by atoms with Gasteiger partial charge < -0.3 is 14.0 Å². The zero-order valence-corrected chi connectivity index (χ0v) is 9.48. The lowest BCUT2D eigenvalue weighted by atomic mass is 10.7. The molecule has 3 nitrogen and oxygen atoms in total. The molecule has 0 saturated carbocycles. The van der Waals surface area contributed by atoms with Crippen molar-refractivity contribution in [3.05, 3.63) is 0 Å². The van der Waals surface area contributed by atoms with Crippen molar-refractivity contribution in [2.24, 2.45) is 0 Å². The summed E-state index contributed by atoms with van der Waals surface area (Å²) < 4.78 is 22.5. The van der Waals surface area contributed by atoms with E-state index >= 15 is 0 Å². The van der Waals surface area contributed by atoms with Gasteiger partial charge in [0.2, 0.25) is 5.53 Å². The van der Waals surface area contributed by atoms with Crippen LogP contribution in [0.15, 0.2) is 0 Å². The highest BCUT2D eigenvalue weighted by atomic mass is 31.2. The minimum absolute atomic E-state index is 0.516. The largest absolute Gasteiger partial charge is 0.344 e. The van der Waals surface area contributed by atoms with Crippen LogP contribution in [0, 0.1) is 0 Å². The van der Waals surface area contributed by atoms with Gasteiger partial charge in [-0.2, -0.15) is 0 Å². The molecule has 0 aliphatic rings. The Bertz CT molecular complexity index is 167. The maximum Gasteiger partial charge on any atom is 0.218 e. The molecule has 0 heterocycles. The summed E-state index contributed by atoms with van der Waals surface area (Å²) in [6.45, 7) is 9.86. The zero-order valence-electron chi connectivity index (χ0n) is 8.59. The maximum atomic E-state index is 11.8. The predicted octanol–water partition coefficient (Wildman–Crippen LogP) is 2.36. The second-order valence-electron chi connectivity index (χ2n) is 3.11. The fourth-order valence-electron chi connectivity index (χ4n) is 0.888. The van der Waals surface area contributed by atoms with Gasteiger partial charge in [0.1, 0.15) is 7.14 Å². The zero-order chi connectivity index (χ0) is 9.83. The minimum Gasteiger partial charge on any atom is -0.344 e. The van der Waals surface area contributed by atoms with E-state index in [9.17, 15) is 4.57 Å². The van der Waals surface area contributed by atoms with Crippen LogP contribution < -0.4 is 0 Å². The van der Waals surface area contributed by atoms with Gasteiger partial charge in [-0.15, -0.1) is 0 Å². The Kier molecular flexibility index (Phi) is 4.46. The quantitative estimate of drug-likeness (QED) is 0.497. The summed E-state index contributed by atoms with van der Waals surface area (Å²) in [6, 6.07) is 0. The van der Waals surface area contributed by atoms with Crippen LogP contribution >= 0.6 is 7.14 Å². The minimum atomic E-state index is -2.37. The van der Waals surface area contributed by atoms with Gasteiger partial charge in [0.05, 0.1) is 0 Å². The van der Waals surface area contributed by atoms with Gasteiger partial charge in [-0.25, -0.2) is 0 Å². The second-order valence-corrected chi connectivity index (χ2v) is 6.63. The van der Waals surface area contributed by atoms with Crippen LogP contribution in [-0.4, -0.2) is 32.1 Å². The first-order valence-corrected chi connectivity index (χ1v) is 6.80. The molecule has 0 spiro atoms. The van der Waals surface area contributed by atoms with Crippen LogP contribution in [-0.2, 0) is 14.0 Å². The summed E-state index contributed by atoms with van der Waals surface area (Å²) >= 11 is 0. The molecule has 0 N–H and O–H groups in total. The van der Waals surface area contributed by atoms with Gasteiger partial charge in [-0.05, 0) is 34.1 Å². The molecule has 12 heavy (non-hydrogen) atoms. The normalized spacial score (nSPS) is 13.4. The third-order valence-corrected chi connectivity index (χ3v) is 4.02. The van der Waals surface area contributed by atoms with Crippen LogP contribution in [0.2, 0.25) is 0 Å². The molecule has 0 bridgehead atoms. The van der Waals surface area contributed by atoms with E-state index in [1.807, 2.05) is 13.8 Å². The number of hydrogen-bond acceptors (Lipinski definition) is 3. The number of ether oxygens (including phenoxy) is 2. The lowest BCUT2D eigenvalue weighted by Gasteiger charge is -2.32. The Morgan fingerprint density at radius 1 is 1.17 bits per heavy atom. The molecule has 0 unspecified atom stereocenters. The van der Waals surface area contributed by atoms with E-state index in [0.717, 1.165) is 0 Å². The lowest BCUT2D eigenvalue weighted by Crippen LogP contribution is -2.31. The van der Waals surface area contributed by atoms with E-state index in [0.29, 0.717) is 13.2 Å². The summed E-state index contributed by atoms with van der Waals surface area (Å²) in [5.74, 6) is 0. The van der Waals surface area contributed by atoms with Crippen molar-refractivity contribution < 1.29 is 14.0 Å². The molecular formula is C8H19O3P. The Morgan fingerprint density at radius 3 is 1.67 bits per heavy atom. The van der Waals surface area contributed by atoms with E-state index in [-0.39, 0.29) is 0 Å². The summed E-state index contributed by atoms with van der Waals surface area (Å²) in [6.07, 6.45) is 0. The van der Waals surface area contributed by atoms with Crippen molar-refractivity contribution in [3.63, 3.8) is 0 Å². The van der Waals surface area contributed by atoms with Crippen molar-refractivity contribution in [2.75, 3.05) is 26.5 Å². The highest BCUT2D eigenvalue weighted by Gasteiger charge is 2.38. The molecule has 0 radical (unpaired) electrons. The van der Waals surface area contributed by atoms with Gasteiger partial charge in [0.25, 0.3) is 0 Å². The van der Waals surface area contributed by atoms with E-state index in [4.69, 9.17) is 9.47 Å². The highest BCUT2D eigenvalue weighted by molar-refractivity contribution is 7.63. The molecule has 0 aliphatic heterocycles. The maximum absolute atomic E-state index is 11.8. The SMILES string of the molecule is CCOC(C)(OCC)P(C)(C)=O. The first-order chi connectivity index (χ1) is 5.37. The first-order valence-electron chi connectivity index (χ1n) is 4.20. The fourth-order valence-corrected chi connectivity index (χ4v) is 1.77. The Labute approximate surface area is 74.8 Å².